The minimum Gasteiger partial charge on any atom is -0.455 e. The number of aromatic nitrogens is 2. The van der Waals surface area contributed by atoms with Gasteiger partial charge >= 0.3 is 0 Å². The molecule has 0 fully saturated rings. The van der Waals surface area contributed by atoms with E-state index in [-0.39, 0.29) is 0 Å². The van der Waals surface area contributed by atoms with Gasteiger partial charge in [-0.1, -0.05) is 131 Å². The normalized spacial score (nSPS) is 11.6. The van der Waals surface area contributed by atoms with Crippen LogP contribution in [0.4, 0.5) is 0 Å². The van der Waals surface area contributed by atoms with Gasteiger partial charge in [0, 0.05) is 53.3 Å². The number of benzene rings is 7. The van der Waals surface area contributed by atoms with Gasteiger partial charge in [0.2, 0.25) is 0 Å². The van der Waals surface area contributed by atoms with Crippen molar-refractivity contribution in [2.24, 2.45) is 0 Å². The monoisotopic (exact) mass is 756 g/mol. The maximum absolute atomic E-state index is 7.11. The molecule has 0 saturated carbocycles. The molecule has 4 heteroatoms. The van der Waals surface area contributed by atoms with Crippen molar-refractivity contribution in [1.29, 1.82) is 0 Å². The van der Waals surface area contributed by atoms with E-state index in [1.165, 1.54) is 36.7 Å². The van der Waals surface area contributed by atoms with E-state index < -0.39 is 0 Å². The summed E-state index contributed by atoms with van der Waals surface area (Å²) in [5, 5.41) is 8.22. The predicted octanol–water partition coefficient (Wildman–Crippen LogP) is 16.4. The Hall–Kier alpha value is -6.62. The Morgan fingerprint density at radius 1 is 0.526 bits per heavy atom. The lowest BCUT2D eigenvalue weighted by molar-refractivity contribution is 0.676. The number of fused-ring (bicyclic) bond motifs is 12. The summed E-state index contributed by atoms with van der Waals surface area (Å²) in [5.41, 5.74) is 12.0. The lowest BCUT2D eigenvalue weighted by atomic mass is 10.0. The third-order valence-corrected chi connectivity index (χ3v) is 12.1. The fourth-order valence-electron chi connectivity index (χ4n) is 8.59. The molecule has 0 amide bonds. The Morgan fingerprint density at radius 3 is 1.86 bits per heavy atom. The van der Waals surface area contributed by atoms with Crippen molar-refractivity contribution in [3.05, 3.63) is 170 Å². The van der Waals surface area contributed by atoms with E-state index in [2.05, 4.69) is 180 Å². The van der Waals surface area contributed by atoms with Gasteiger partial charge in [0.15, 0.2) is 0 Å². The molecule has 57 heavy (non-hydrogen) atoms. The Kier molecular flexibility index (Phi) is 9.36. The molecule has 0 unspecified atom stereocenters. The number of allylic oxidation sites excluding steroid dienone is 1. The molecule has 0 spiro atoms. The second-order valence-corrected chi connectivity index (χ2v) is 14.7. The second kappa shape index (κ2) is 14.8. The molecule has 0 aliphatic heterocycles. The van der Waals surface area contributed by atoms with Crippen molar-refractivity contribution in [3.8, 4) is 22.5 Å². The van der Waals surface area contributed by atoms with Crippen molar-refractivity contribution < 1.29 is 4.42 Å². The van der Waals surface area contributed by atoms with Crippen LogP contribution in [0, 0.1) is 0 Å². The highest BCUT2D eigenvalue weighted by molar-refractivity contribution is 7.26. The highest BCUT2D eigenvalue weighted by atomic mass is 32.1. The molecule has 3 nitrogen and oxygen atoms in total. The molecule has 0 aliphatic rings. The number of hydrogen-bond acceptors (Lipinski definition) is 2. The zero-order valence-electron chi connectivity index (χ0n) is 33.0. The van der Waals surface area contributed by atoms with E-state index in [9.17, 15) is 0 Å². The SMILES string of the molecule is C=Cc1c(/C=C\C)n(-c2ccccc2)c2ccc3c4ccc5c(c6ccccc6n5-c5ccc(-c6cccc7c6sc6ccccc67)cc5)c4oc3c12.CC.CC. The van der Waals surface area contributed by atoms with E-state index in [1.807, 2.05) is 45.1 Å². The van der Waals surface area contributed by atoms with Gasteiger partial charge in [-0.2, -0.15) is 0 Å². The van der Waals surface area contributed by atoms with Crippen LogP contribution in [-0.4, -0.2) is 9.13 Å². The summed E-state index contributed by atoms with van der Waals surface area (Å²) in [5.74, 6) is 0. The molecule has 4 aromatic heterocycles. The summed E-state index contributed by atoms with van der Waals surface area (Å²) >= 11 is 1.87. The summed E-state index contributed by atoms with van der Waals surface area (Å²) in [6.45, 7) is 14.3. The fourth-order valence-corrected chi connectivity index (χ4v) is 9.83. The van der Waals surface area contributed by atoms with Gasteiger partial charge in [-0.25, -0.2) is 0 Å². The number of rotatable bonds is 5. The topological polar surface area (TPSA) is 23.0 Å². The standard InChI is InChI=1S/C49H32N2OS.2C2H6/c1-3-13-40-33(4-2)45-42(50(40)31-14-6-5-7-15-31)28-26-36-37-27-29-43-46(48(37)52-47(36)45)39-17-8-10-20-41(39)51(43)32-24-22-30(23-25-32)34-18-12-19-38-35-16-9-11-21-44(35)53-49(34)38;2*1-2/h3-29H,2H2,1H3;2*1-2H3/b13-3-;;. The first-order valence-corrected chi connectivity index (χ1v) is 20.8. The maximum Gasteiger partial charge on any atom is 0.145 e. The molecule has 0 atom stereocenters. The van der Waals surface area contributed by atoms with Crippen LogP contribution in [0.2, 0.25) is 0 Å². The number of para-hydroxylation sites is 2. The summed E-state index contributed by atoms with van der Waals surface area (Å²) in [6.07, 6.45) is 6.22. The number of nitrogens with zero attached hydrogens (tertiary/aromatic N) is 2. The Labute approximate surface area is 337 Å². The van der Waals surface area contributed by atoms with Crippen LogP contribution in [0.3, 0.4) is 0 Å². The lowest BCUT2D eigenvalue weighted by Gasteiger charge is -2.10. The molecular formula is C53H44N2OS. The highest BCUT2D eigenvalue weighted by Crippen LogP contribution is 2.45. The van der Waals surface area contributed by atoms with E-state index in [1.54, 1.807) is 0 Å². The van der Waals surface area contributed by atoms with Crippen molar-refractivity contribution >= 4 is 98.3 Å². The lowest BCUT2D eigenvalue weighted by Crippen LogP contribution is -1.96. The van der Waals surface area contributed by atoms with Crippen molar-refractivity contribution in [1.82, 2.24) is 9.13 Å². The van der Waals surface area contributed by atoms with Crippen LogP contribution in [0.25, 0.3) is 109 Å². The maximum atomic E-state index is 7.11. The average molecular weight is 757 g/mol. The molecular weight excluding hydrogens is 713 g/mol. The van der Waals surface area contributed by atoms with E-state index in [4.69, 9.17) is 4.42 Å². The van der Waals surface area contributed by atoms with Crippen LogP contribution in [0.1, 0.15) is 45.9 Å². The molecule has 11 aromatic rings. The number of hydrogen-bond donors (Lipinski definition) is 0. The fraction of sp³-hybridized carbons (Fsp3) is 0.0943. The molecule has 7 aromatic carbocycles. The highest BCUT2D eigenvalue weighted by Gasteiger charge is 2.23. The predicted molar refractivity (Wildman–Crippen MR) is 251 cm³/mol. The molecule has 0 saturated heterocycles. The van der Waals surface area contributed by atoms with Gasteiger partial charge in [0.1, 0.15) is 11.2 Å². The first-order chi connectivity index (χ1) is 28.2. The van der Waals surface area contributed by atoms with Gasteiger partial charge in [0.05, 0.1) is 33.0 Å². The quantitative estimate of drug-likeness (QED) is 0.171. The van der Waals surface area contributed by atoms with Gasteiger partial charge in [0.25, 0.3) is 0 Å². The van der Waals surface area contributed by atoms with Crippen LogP contribution >= 0.6 is 11.3 Å². The summed E-state index contributed by atoms with van der Waals surface area (Å²) in [4.78, 5) is 0. The van der Waals surface area contributed by atoms with Crippen LogP contribution in [0.5, 0.6) is 0 Å². The molecule has 278 valence electrons. The Morgan fingerprint density at radius 2 is 1.14 bits per heavy atom. The van der Waals surface area contributed by atoms with Gasteiger partial charge in [-0.3, -0.25) is 0 Å². The van der Waals surface area contributed by atoms with Crippen LogP contribution in [-0.2, 0) is 0 Å². The van der Waals surface area contributed by atoms with E-state index in [0.29, 0.717) is 0 Å². The van der Waals surface area contributed by atoms with Gasteiger partial charge in [-0.15, -0.1) is 11.3 Å². The second-order valence-electron chi connectivity index (χ2n) is 13.6. The van der Waals surface area contributed by atoms with E-state index in [0.717, 1.165) is 71.9 Å². The largest absolute Gasteiger partial charge is 0.455 e. The first kappa shape index (κ1) is 36.0. The summed E-state index contributed by atoms with van der Waals surface area (Å²) in [7, 11) is 0. The third kappa shape index (κ3) is 5.47. The van der Waals surface area contributed by atoms with E-state index >= 15 is 0 Å². The van der Waals surface area contributed by atoms with Crippen LogP contribution in [0.15, 0.2) is 163 Å². The zero-order chi connectivity index (χ0) is 39.2. The Balaban J connectivity index is 0.00000103. The Bertz CT molecular complexity index is 3300. The molecule has 0 bridgehead atoms. The molecule has 0 N–H and O–H groups in total. The van der Waals surface area contributed by atoms with Gasteiger partial charge < -0.3 is 13.6 Å². The van der Waals surface area contributed by atoms with Crippen molar-refractivity contribution in [3.63, 3.8) is 0 Å². The van der Waals surface area contributed by atoms with Crippen molar-refractivity contribution in [2.75, 3.05) is 0 Å². The zero-order valence-corrected chi connectivity index (χ0v) is 33.8. The first-order valence-electron chi connectivity index (χ1n) is 20.0. The smallest absolute Gasteiger partial charge is 0.145 e. The van der Waals surface area contributed by atoms with Crippen molar-refractivity contribution in [2.45, 2.75) is 34.6 Å². The number of thiophene rings is 1. The minimum atomic E-state index is 0.886. The molecule has 4 heterocycles. The average Bonchev–Trinajstić information content (AvgIpc) is 4.03. The molecule has 11 rings (SSSR count). The molecule has 0 radical (unpaired) electrons. The summed E-state index contributed by atoms with van der Waals surface area (Å²) in [6, 6.07) is 52.6. The van der Waals surface area contributed by atoms with Gasteiger partial charge in [-0.05, 0) is 84.8 Å². The van der Waals surface area contributed by atoms with Crippen LogP contribution < -0.4 is 0 Å². The molecule has 0 aliphatic carbocycles. The number of furan rings is 1. The summed E-state index contributed by atoms with van der Waals surface area (Å²) < 4.78 is 14.4. The third-order valence-electron chi connectivity index (χ3n) is 10.8. The minimum absolute atomic E-state index is 0.886.